The van der Waals surface area contributed by atoms with E-state index in [2.05, 4.69) is 15.0 Å². The Morgan fingerprint density at radius 1 is 1.35 bits per heavy atom. The Bertz CT molecular complexity index is 747. The molecule has 6 nitrogen and oxygen atoms in total. The lowest BCUT2D eigenvalue weighted by molar-refractivity contribution is -0.143. The summed E-state index contributed by atoms with van der Waals surface area (Å²) in [6.45, 7) is 0. The number of ether oxygens (including phenoxy) is 1. The fourth-order valence-corrected chi connectivity index (χ4v) is 2.26. The molecule has 23 heavy (non-hydrogen) atoms. The van der Waals surface area contributed by atoms with Crippen molar-refractivity contribution in [3.05, 3.63) is 36.5 Å². The van der Waals surface area contributed by atoms with Crippen molar-refractivity contribution < 1.29 is 14.3 Å². The molecular weight excluding hydrogens is 294 g/mol. The van der Waals surface area contributed by atoms with Gasteiger partial charge in [0.2, 0.25) is 5.91 Å². The number of nitrogens with one attached hydrogen (secondary N) is 1. The molecule has 1 heterocycles. The van der Waals surface area contributed by atoms with Crippen LogP contribution in [0.2, 0.25) is 0 Å². The number of pyridine rings is 1. The summed E-state index contributed by atoms with van der Waals surface area (Å²) in [4.78, 5) is 27.6. The third-order valence-electron chi connectivity index (χ3n) is 3.44. The Kier molecular flexibility index (Phi) is 5.64. The second kappa shape index (κ2) is 7.90. The van der Waals surface area contributed by atoms with Crippen LogP contribution in [-0.2, 0) is 14.3 Å². The summed E-state index contributed by atoms with van der Waals surface area (Å²) in [5.41, 5.74) is 1.38. The van der Waals surface area contributed by atoms with Crippen molar-refractivity contribution >= 4 is 28.5 Å². The Labute approximate surface area is 134 Å². The Balaban J connectivity index is 1.92. The minimum absolute atomic E-state index is 0.176. The molecule has 1 aromatic heterocycles. The third-order valence-corrected chi connectivity index (χ3v) is 3.44. The number of hydrogen-bond donors (Lipinski definition) is 1. The lowest BCUT2D eigenvalue weighted by Crippen LogP contribution is -2.16. The van der Waals surface area contributed by atoms with Crippen LogP contribution in [0.3, 0.4) is 0 Å². The number of anilines is 1. The van der Waals surface area contributed by atoms with E-state index in [9.17, 15) is 9.59 Å². The van der Waals surface area contributed by atoms with Crippen LogP contribution in [-0.4, -0.2) is 24.0 Å². The molecule has 0 radical (unpaired) electrons. The summed E-state index contributed by atoms with van der Waals surface area (Å²) >= 11 is 0. The highest BCUT2D eigenvalue weighted by Crippen LogP contribution is 2.21. The Morgan fingerprint density at radius 2 is 2.13 bits per heavy atom. The molecule has 1 atom stereocenters. The van der Waals surface area contributed by atoms with Crippen LogP contribution in [0.25, 0.3) is 10.9 Å². The number of hydrogen-bond acceptors (Lipinski definition) is 5. The van der Waals surface area contributed by atoms with Gasteiger partial charge < -0.3 is 10.1 Å². The number of rotatable bonds is 6. The van der Waals surface area contributed by atoms with Crippen LogP contribution in [0, 0.1) is 17.2 Å². The summed E-state index contributed by atoms with van der Waals surface area (Å²) in [5, 5.41) is 12.7. The lowest BCUT2D eigenvalue weighted by Gasteiger charge is -2.09. The Hall–Kier alpha value is -2.94. The summed E-state index contributed by atoms with van der Waals surface area (Å²) < 4.78 is 4.53. The van der Waals surface area contributed by atoms with Crippen molar-refractivity contribution in [2.75, 3.05) is 12.4 Å². The number of aromatic nitrogens is 1. The van der Waals surface area contributed by atoms with Crippen molar-refractivity contribution in [1.29, 1.82) is 5.26 Å². The zero-order valence-corrected chi connectivity index (χ0v) is 12.8. The topological polar surface area (TPSA) is 92.1 Å². The smallest absolute Gasteiger partial charge is 0.323 e. The van der Waals surface area contributed by atoms with Gasteiger partial charge in [-0.25, -0.2) is 0 Å². The molecule has 0 spiro atoms. The first-order valence-corrected chi connectivity index (χ1v) is 7.26. The maximum absolute atomic E-state index is 12.0. The number of amides is 1. The molecule has 0 bridgehead atoms. The number of carbonyl (C=O) groups excluding carboxylic acids is 2. The molecule has 0 saturated carbocycles. The van der Waals surface area contributed by atoms with Crippen LogP contribution in [0.15, 0.2) is 36.5 Å². The van der Waals surface area contributed by atoms with Gasteiger partial charge >= 0.3 is 5.97 Å². The molecule has 1 unspecified atom stereocenters. The van der Waals surface area contributed by atoms with Crippen LogP contribution in [0.1, 0.15) is 19.3 Å². The number of nitriles is 1. The zero-order valence-electron chi connectivity index (χ0n) is 12.8. The second-order valence-corrected chi connectivity index (χ2v) is 5.03. The highest BCUT2D eigenvalue weighted by Gasteiger charge is 2.18. The zero-order chi connectivity index (χ0) is 16.7. The Morgan fingerprint density at radius 3 is 2.87 bits per heavy atom. The number of carbonyl (C=O) groups is 2. The van der Waals surface area contributed by atoms with E-state index in [0.717, 1.165) is 10.9 Å². The molecule has 0 aliphatic rings. The van der Waals surface area contributed by atoms with Gasteiger partial charge in [-0.05, 0) is 25.0 Å². The average molecular weight is 311 g/mol. The molecule has 118 valence electrons. The van der Waals surface area contributed by atoms with Crippen molar-refractivity contribution in [2.45, 2.75) is 19.3 Å². The average Bonchev–Trinajstić information content (AvgIpc) is 2.58. The van der Waals surface area contributed by atoms with Gasteiger partial charge in [-0.15, -0.1) is 0 Å². The van der Waals surface area contributed by atoms with Crippen LogP contribution < -0.4 is 5.32 Å². The van der Waals surface area contributed by atoms with E-state index >= 15 is 0 Å². The van der Waals surface area contributed by atoms with Gasteiger partial charge in [0, 0.05) is 18.0 Å². The van der Waals surface area contributed by atoms with Crippen molar-refractivity contribution in [3.63, 3.8) is 0 Å². The van der Waals surface area contributed by atoms with Gasteiger partial charge in [-0.3, -0.25) is 14.6 Å². The molecule has 2 rings (SSSR count). The minimum Gasteiger partial charge on any atom is -0.468 e. The monoisotopic (exact) mass is 311 g/mol. The lowest BCUT2D eigenvalue weighted by atomic mass is 10.0. The van der Waals surface area contributed by atoms with Crippen molar-refractivity contribution in [3.8, 4) is 6.07 Å². The molecule has 1 aromatic carbocycles. The number of esters is 1. The van der Waals surface area contributed by atoms with E-state index in [1.807, 2.05) is 30.3 Å². The fraction of sp³-hybridized carbons (Fsp3) is 0.294. The van der Waals surface area contributed by atoms with Gasteiger partial charge in [-0.2, -0.15) is 5.26 Å². The second-order valence-electron chi connectivity index (χ2n) is 5.03. The van der Waals surface area contributed by atoms with E-state index < -0.39 is 11.9 Å². The molecular formula is C17H17N3O3. The first kappa shape index (κ1) is 16.4. The summed E-state index contributed by atoms with van der Waals surface area (Å²) in [7, 11) is 1.24. The predicted molar refractivity (Wildman–Crippen MR) is 85.3 cm³/mol. The minimum atomic E-state index is -0.827. The van der Waals surface area contributed by atoms with E-state index in [1.165, 1.54) is 7.11 Å². The first-order chi connectivity index (χ1) is 11.2. The van der Waals surface area contributed by atoms with Gasteiger partial charge in [-0.1, -0.05) is 18.2 Å². The quantitative estimate of drug-likeness (QED) is 0.828. The molecule has 0 saturated heterocycles. The molecule has 0 aliphatic heterocycles. The van der Waals surface area contributed by atoms with Crippen molar-refractivity contribution in [2.24, 2.45) is 5.92 Å². The number of benzene rings is 1. The van der Waals surface area contributed by atoms with Crippen molar-refractivity contribution in [1.82, 2.24) is 4.98 Å². The maximum Gasteiger partial charge on any atom is 0.323 e. The summed E-state index contributed by atoms with van der Waals surface area (Å²) in [6, 6.07) is 11.2. The largest absolute Gasteiger partial charge is 0.468 e. The van der Waals surface area contributed by atoms with E-state index in [-0.39, 0.29) is 12.3 Å². The van der Waals surface area contributed by atoms with Crippen LogP contribution >= 0.6 is 0 Å². The fourth-order valence-electron chi connectivity index (χ4n) is 2.26. The van der Waals surface area contributed by atoms with Crippen LogP contribution in [0.5, 0.6) is 0 Å². The number of nitrogens with zero attached hydrogens (tertiary/aromatic N) is 2. The molecule has 0 fully saturated rings. The molecule has 0 aliphatic carbocycles. The standard InChI is InChI=1S/C17H17N3O3/c1-23-17(22)13(11-18)6-3-9-15(21)20-14-8-2-5-12-7-4-10-19-16(12)14/h2,4-5,7-8,10,13H,3,6,9H2,1H3,(H,20,21). The van der Waals surface area contributed by atoms with Gasteiger partial charge in [0.15, 0.2) is 0 Å². The van der Waals surface area contributed by atoms with Gasteiger partial charge in [0.1, 0.15) is 5.92 Å². The first-order valence-electron chi connectivity index (χ1n) is 7.26. The molecule has 1 amide bonds. The number of methoxy groups -OCH3 is 1. The van der Waals surface area contributed by atoms with E-state index in [0.29, 0.717) is 18.5 Å². The maximum atomic E-state index is 12.0. The van der Waals surface area contributed by atoms with E-state index in [4.69, 9.17) is 5.26 Å². The summed E-state index contributed by atoms with van der Waals surface area (Å²) in [6.07, 6.45) is 2.62. The highest BCUT2D eigenvalue weighted by molar-refractivity contribution is 6.00. The SMILES string of the molecule is COC(=O)C(C#N)CCCC(=O)Nc1cccc2cccnc12. The third kappa shape index (κ3) is 4.27. The normalized spacial score (nSPS) is 11.5. The molecule has 6 heteroatoms. The molecule has 2 aromatic rings. The van der Waals surface area contributed by atoms with Crippen LogP contribution in [0.4, 0.5) is 5.69 Å². The van der Waals surface area contributed by atoms with Gasteiger partial charge in [0.05, 0.1) is 24.4 Å². The number of fused-ring (bicyclic) bond motifs is 1. The molecule has 1 N–H and O–H groups in total. The summed E-state index contributed by atoms with van der Waals surface area (Å²) in [5.74, 6) is -1.57. The number of para-hydroxylation sites is 1. The highest BCUT2D eigenvalue weighted by atomic mass is 16.5. The predicted octanol–water partition coefficient (Wildman–Crippen LogP) is 2.66. The van der Waals surface area contributed by atoms with Gasteiger partial charge in [0.25, 0.3) is 0 Å². The van der Waals surface area contributed by atoms with E-state index in [1.54, 1.807) is 12.3 Å².